The first-order chi connectivity index (χ1) is 10.6. The van der Waals surface area contributed by atoms with Crippen molar-refractivity contribution in [2.75, 3.05) is 26.4 Å². The minimum absolute atomic E-state index is 0.186. The van der Waals surface area contributed by atoms with Crippen molar-refractivity contribution in [3.05, 3.63) is 0 Å². The Balaban J connectivity index is 1.40. The number of hydrogen-bond acceptors (Lipinski definition) is 3. The maximum absolute atomic E-state index is 9.40. The number of rotatable bonds is 6. The molecule has 126 valence electrons. The van der Waals surface area contributed by atoms with E-state index >= 15 is 0 Å². The normalized spacial score (nSPS) is 48.0. The van der Waals surface area contributed by atoms with Crippen LogP contribution in [-0.2, 0) is 4.74 Å². The lowest BCUT2D eigenvalue weighted by atomic mass is 9.48. The Bertz CT molecular complexity index is 367. The summed E-state index contributed by atoms with van der Waals surface area (Å²) in [7, 11) is 0. The third-order valence-electron chi connectivity index (χ3n) is 7.61. The molecule has 4 bridgehead atoms. The predicted octanol–water partition coefficient (Wildman–Crippen LogP) is 2.97. The molecule has 1 heterocycles. The van der Waals surface area contributed by atoms with Gasteiger partial charge in [0.05, 0.1) is 6.61 Å². The van der Waals surface area contributed by atoms with Gasteiger partial charge in [-0.15, -0.1) is 0 Å². The molecule has 0 unspecified atom stereocenters. The first kappa shape index (κ1) is 15.4. The topological polar surface area (TPSA) is 41.5 Å². The van der Waals surface area contributed by atoms with Crippen LogP contribution in [0.15, 0.2) is 0 Å². The van der Waals surface area contributed by atoms with Gasteiger partial charge in [-0.1, -0.05) is 0 Å². The highest BCUT2D eigenvalue weighted by atomic mass is 16.5. The summed E-state index contributed by atoms with van der Waals surface area (Å²) in [5.74, 6) is 3.07. The van der Waals surface area contributed by atoms with Gasteiger partial charge >= 0.3 is 0 Å². The van der Waals surface area contributed by atoms with Gasteiger partial charge in [-0.25, -0.2) is 0 Å². The van der Waals surface area contributed by atoms with Crippen molar-refractivity contribution >= 4 is 0 Å². The van der Waals surface area contributed by atoms with Crippen LogP contribution >= 0.6 is 0 Å². The maximum atomic E-state index is 9.40. The van der Waals surface area contributed by atoms with Crippen molar-refractivity contribution in [1.29, 1.82) is 0 Å². The number of aliphatic hydroxyl groups excluding tert-OH is 1. The summed E-state index contributed by atoms with van der Waals surface area (Å²) < 4.78 is 5.64. The second kappa shape index (κ2) is 5.75. The van der Waals surface area contributed by atoms with E-state index in [9.17, 15) is 5.11 Å². The highest BCUT2D eigenvalue weighted by Crippen LogP contribution is 2.61. The molecule has 0 radical (unpaired) electrons. The second-order valence-corrected chi connectivity index (χ2v) is 9.16. The molecule has 5 aliphatic rings. The molecule has 0 amide bonds. The SMILES string of the molecule is C[C@H](NC[C@@]1(CCO)CCOC1)C12CC3CC(CC(C3)C1)C2. The van der Waals surface area contributed by atoms with Gasteiger partial charge in [-0.05, 0) is 81.5 Å². The first-order valence-corrected chi connectivity index (χ1v) is 9.55. The van der Waals surface area contributed by atoms with Crippen molar-refractivity contribution in [1.82, 2.24) is 5.32 Å². The van der Waals surface area contributed by atoms with E-state index in [1.54, 1.807) is 0 Å². The van der Waals surface area contributed by atoms with E-state index in [4.69, 9.17) is 4.74 Å². The van der Waals surface area contributed by atoms with Gasteiger partial charge in [0.1, 0.15) is 0 Å². The lowest BCUT2D eigenvalue weighted by Crippen LogP contribution is -2.56. The first-order valence-electron chi connectivity index (χ1n) is 9.55. The summed E-state index contributed by atoms with van der Waals surface area (Å²) in [5.41, 5.74) is 0.764. The Hall–Kier alpha value is -0.120. The molecule has 2 atom stereocenters. The van der Waals surface area contributed by atoms with Crippen LogP contribution in [0.4, 0.5) is 0 Å². The molecule has 0 aromatic rings. The Kier molecular flexibility index (Phi) is 4.03. The molecule has 22 heavy (non-hydrogen) atoms. The fraction of sp³-hybridized carbons (Fsp3) is 1.00. The van der Waals surface area contributed by atoms with E-state index in [-0.39, 0.29) is 12.0 Å². The van der Waals surface area contributed by atoms with E-state index in [0.29, 0.717) is 11.5 Å². The van der Waals surface area contributed by atoms with Crippen LogP contribution in [0.3, 0.4) is 0 Å². The Morgan fingerprint density at radius 3 is 2.27 bits per heavy atom. The molecule has 1 aliphatic heterocycles. The average Bonchev–Trinajstić information content (AvgIpc) is 2.93. The molecule has 0 spiro atoms. The van der Waals surface area contributed by atoms with Crippen LogP contribution in [0.2, 0.25) is 0 Å². The third-order valence-corrected chi connectivity index (χ3v) is 7.61. The predicted molar refractivity (Wildman–Crippen MR) is 87.6 cm³/mol. The monoisotopic (exact) mass is 307 g/mol. The number of hydrogen-bond donors (Lipinski definition) is 2. The molecule has 2 N–H and O–H groups in total. The molecule has 3 nitrogen and oxygen atoms in total. The Labute approximate surface area is 135 Å². The summed E-state index contributed by atoms with van der Waals surface area (Å²) in [5, 5.41) is 13.3. The van der Waals surface area contributed by atoms with E-state index in [1.165, 1.54) is 38.5 Å². The maximum Gasteiger partial charge on any atom is 0.0536 e. The van der Waals surface area contributed by atoms with Crippen LogP contribution < -0.4 is 5.32 Å². The van der Waals surface area contributed by atoms with Gasteiger partial charge < -0.3 is 15.2 Å². The third kappa shape index (κ3) is 2.63. The lowest BCUT2D eigenvalue weighted by molar-refractivity contribution is -0.0720. The van der Waals surface area contributed by atoms with E-state index in [2.05, 4.69) is 12.2 Å². The molecular weight excluding hydrogens is 274 g/mol. The zero-order valence-corrected chi connectivity index (χ0v) is 14.2. The molecule has 0 aromatic heterocycles. The largest absolute Gasteiger partial charge is 0.396 e. The van der Waals surface area contributed by atoms with Gasteiger partial charge in [0, 0.05) is 31.2 Å². The van der Waals surface area contributed by atoms with E-state index in [0.717, 1.165) is 50.4 Å². The van der Waals surface area contributed by atoms with Crippen molar-refractivity contribution < 1.29 is 9.84 Å². The van der Waals surface area contributed by atoms with E-state index < -0.39 is 0 Å². The molecule has 3 heteroatoms. The van der Waals surface area contributed by atoms with Crippen LogP contribution in [-0.4, -0.2) is 37.5 Å². The molecule has 1 saturated heterocycles. The zero-order chi connectivity index (χ0) is 15.2. The minimum Gasteiger partial charge on any atom is -0.396 e. The Morgan fingerprint density at radius 1 is 1.14 bits per heavy atom. The van der Waals surface area contributed by atoms with Gasteiger partial charge in [-0.3, -0.25) is 0 Å². The van der Waals surface area contributed by atoms with Crippen molar-refractivity contribution in [3.63, 3.8) is 0 Å². The van der Waals surface area contributed by atoms with Crippen LogP contribution in [0.5, 0.6) is 0 Å². The van der Waals surface area contributed by atoms with E-state index in [1.807, 2.05) is 0 Å². The summed E-state index contributed by atoms with van der Waals surface area (Å²) in [6.45, 7) is 5.45. The smallest absolute Gasteiger partial charge is 0.0536 e. The molecule has 5 rings (SSSR count). The van der Waals surface area contributed by atoms with Crippen molar-refractivity contribution in [2.24, 2.45) is 28.6 Å². The molecule has 4 saturated carbocycles. The lowest BCUT2D eigenvalue weighted by Gasteiger charge is -2.59. The van der Waals surface area contributed by atoms with Gasteiger partial charge in [0.2, 0.25) is 0 Å². The number of aliphatic hydroxyl groups is 1. The average molecular weight is 307 g/mol. The van der Waals surface area contributed by atoms with Crippen molar-refractivity contribution in [2.45, 2.75) is 64.3 Å². The van der Waals surface area contributed by atoms with Crippen molar-refractivity contribution in [3.8, 4) is 0 Å². The molecule has 4 aliphatic carbocycles. The Morgan fingerprint density at radius 2 is 1.77 bits per heavy atom. The minimum atomic E-state index is 0.186. The number of ether oxygens (including phenoxy) is 1. The van der Waals surface area contributed by atoms with Crippen LogP contribution in [0.1, 0.15) is 58.3 Å². The molecule has 5 fully saturated rings. The zero-order valence-electron chi connectivity index (χ0n) is 14.2. The summed E-state index contributed by atoms with van der Waals surface area (Å²) in [6.07, 6.45) is 11.0. The van der Waals surface area contributed by atoms with Crippen LogP contribution in [0.25, 0.3) is 0 Å². The van der Waals surface area contributed by atoms with Crippen LogP contribution in [0, 0.1) is 28.6 Å². The number of nitrogens with one attached hydrogen (secondary N) is 1. The summed E-state index contributed by atoms with van der Waals surface area (Å²) in [6, 6.07) is 0.622. The summed E-state index contributed by atoms with van der Waals surface area (Å²) >= 11 is 0. The molecular formula is C19H33NO2. The van der Waals surface area contributed by atoms with Gasteiger partial charge in [0.25, 0.3) is 0 Å². The fourth-order valence-electron chi connectivity index (χ4n) is 6.61. The highest BCUT2D eigenvalue weighted by Gasteiger charge is 2.53. The second-order valence-electron chi connectivity index (χ2n) is 9.16. The fourth-order valence-corrected chi connectivity index (χ4v) is 6.61. The molecule has 0 aromatic carbocycles. The van der Waals surface area contributed by atoms with Gasteiger partial charge in [-0.2, -0.15) is 0 Å². The summed E-state index contributed by atoms with van der Waals surface area (Å²) in [4.78, 5) is 0. The van der Waals surface area contributed by atoms with Gasteiger partial charge in [0.15, 0.2) is 0 Å². The highest BCUT2D eigenvalue weighted by molar-refractivity contribution is 5.05. The standard InChI is InChI=1S/C19H33NO2/c1-14(20-12-18(2-4-21)3-5-22-13-18)19-9-15-6-16(10-19)8-17(7-15)11-19/h14-17,20-21H,2-13H2,1H3/t14-,15?,16?,17?,18+,19?/m0/s1. The quantitative estimate of drug-likeness (QED) is 0.793.